The number of esters is 1. The lowest BCUT2D eigenvalue weighted by Gasteiger charge is -2.20. The van der Waals surface area contributed by atoms with Crippen LogP contribution in [0.15, 0.2) is 78.9 Å². The lowest BCUT2D eigenvalue weighted by atomic mass is 9.98. The number of hydrogen-bond acceptors (Lipinski definition) is 6. The van der Waals surface area contributed by atoms with Crippen molar-refractivity contribution in [2.45, 2.75) is 31.6 Å². The highest BCUT2D eigenvalue weighted by Gasteiger charge is 2.34. The molecule has 0 aliphatic heterocycles. The summed E-state index contributed by atoms with van der Waals surface area (Å²) >= 11 is 0. The van der Waals surface area contributed by atoms with Gasteiger partial charge in [-0.3, -0.25) is 4.79 Å². The van der Waals surface area contributed by atoms with Crippen LogP contribution in [-0.2, 0) is 25.7 Å². The van der Waals surface area contributed by atoms with E-state index in [-0.39, 0.29) is 19.1 Å². The van der Waals surface area contributed by atoms with Gasteiger partial charge < -0.3 is 19.9 Å². The van der Waals surface area contributed by atoms with Gasteiger partial charge in [0.15, 0.2) is 0 Å². The number of aliphatic hydroxyl groups is 1. The van der Waals surface area contributed by atoms with E-state index in [1.165, 1.54) is 6.92 Å². The van der Waals surface area contributed by atoms with Crippen molar-refractivity contribution >= 4 is 17.8 Å². The van der Waals surface area contributed by atoms with E-state index in [1.54, 1.807) is 24.3 Å². The number of Topliss-reactive ketones (excluding diaryl/α,β-unsaturated/α-hetero) is 1. The Labute approximate surface area is 197 Å². The molecule has 1 aliphatic carbocycles. The van der Waals surface area contributed by atoms with Crippen LogP contribution >= 0.6 is 0 Å². The summed E-state index contributed by atoms with van der Waals surface area (Å²) in [4.78, 5) is 37.2. The van der Waals surface area contributed by atoms with E-state index in [1.807, 2.05) is 54.6 Å². The van der Waals surface area contributed by atoms with E-state index in [0.717, 1.165) is 22.3 Å². The quantitative estimate of drug-likeness (QED) is 0.394. The van der Waals surface area contributed by atoms with Crippen molar-refractivity contribution in [2.24, 2.45) is 0 Å². The van der Waals surface area contributed by atoms with Gasteiger partial charge in [0.1, 0.15) is 19.3 Å². The van der Waals surface area contributed by atoms with Crippen LogP contribution in [-0.4, -0.2) is 41.7 Å². The van der Waals surface area contributed by atoms with Crippen molar-refractivity contribution in [3.05, 3.63) is 95.6 Å². The Morgan fingerprint density at radius 2 is 1.41 bits per heavy atom. The van der Waals surface area contributed by atoms with Gasteiger partial charge >= 0.3 is 12.1 Å². The van der Waals surface area contributed by atoms with Crippen molar-refractivity contribution < 1.29 is 29.0 Å². The lowest BCUT2D eigenvalue weighted by Crippen LogP contribution is -2.50. The van der Waals surface area contributed by atoms with E-state index in [4.69, 9.17) is 9.47 Å². The molecule has 34 heavy (non-hydrogen) atoms. The molecular formula is C27H25NO6. The molecule has 0 saturated heterocycles. The lowest BCUT2D eigenvalue weighted by molar-refractivity contribution is -0.156. The van der Waals surface area contributed by atoms with Crippen molar-refractivity contribution in [3.8, 4) is 11.1 Å². The molecule has 4 rings (SSSR count). The standard InChI is InChI=1S/C27H25NO6/c1-17(29)24(25(30)26(31)33-15-18-9-3-2-4-10-18)28-27(32)34-16-23-21-13-7-5-11-19(21)20-12-6-8-14-22(20)23/h2-14,17,23-24,29H,15-16H2,1H3,(H,28,32)/t17-,24+/m1/s1. The molecule has 7 nitrogen and oxygen atoms in total. The van der Waals surface area contributed by atoms with Crippen LogP contribution in [0.3, 0.4) is 0 Å². The second-order valence-electron chi connectivity index (χ2n) is 8.11. The number of ketones is 1. The summed E-state index contributed by atoms with van der Waals surface area (Å²) < 4.78 is 10.4. The van der Waals surface area contributed by atoms with E-state index >= 15 is 0 Å². The minimum Gasteiger partial charge on any atom is -0.455 e. The summed E-state index contributed by atoms with van der Waals surface area (Å²) in [6.45, 7) is 1.25. The number of alkyl carbamates (subject to hydrolysis) is 1. The fourth-order valence-corrected chi connectivity index (χ4v) is 4.09. The average molecular weight is 459 g/mol. The van der Waals surface area contributed by atoms with Gasteiger partial charge in [-0.05, 0) is 34.7 Å². The number of amides is 1. The van der Waals surface area contributed by atoms with Gasteiger partial charge in [0, 0.05) is 5.92 Å². The summed E-state index contributed by atoms with van der Waals surface area (Å²) in [7, 11) is 0. The monoisotopic (exact) mass is 459 g/mol. The summed E-state index contributed by atoms with van der Waals surface area (Å²) in [6, 6.07) is 23.2. The Balaban J connectivity index is 1.37. The molecule has 0 heterocycles. The molecule has 0 fully saturated rings. The Kier molecular flexibility index (Phi) is 7.04. The molecule has 0 saturated carbocycles. The van der Waals surface area contributed by atoms with Gasteiger partial charge in [-0.25, -0.2) is 9.59 Å². The summed E-state index contributed by atoms with van der Waals surface area (Å²) in [6.07, 6.45) is -2.23. The van der Waals surface area contributed by atoms with Crippen LogP contribution in [0.25, 0.3) is 11.1 Å². The maximum absolute atomic E-state index is 12.5. The van der Waals surface area contributed by atoms with E-state index in [2.05, 4.69) is 5.32 Å². The zero-order chi connectivity index (χ0) is 24.1. The van der Waals surface area contributed by atoms with Crippen LogP contribution in [0, 0.1) is 0 Å². The maximum atomic E-state index is 12.5. The van der Waals surface area contributed by atoms with Crippen molar-refractivity contribution in [1.82, 2.24) is 5.32 Å². The fraction of sp³-hybridized carbons (Fsp3) is 0.222. The Morgan fingerprint density at radius 1 is 0.853 bits per heavy atom. The van der Waals surface area contributed by atoms with E-state index in [9.17, 15) is 19.5 Å². The van der Waals surface area contributed by atoms with E-state index < -0.39 is 30.0 Å². The number of benzene rings is 3. The highest BCUT2D eigenvalue weighted by atomic mass is 16.6. The van der Waals surface area contributed by atoms with Crippen LogP contribution in [0.5, 0.6) is 0 Å². The fourth-order valence-electron chi connectivity index (χ4n) is 4.09. The first-order valence-electron chi connectivity index (χ1n) is 11.0. The van der Waals surface area contributed by atoms with Crippen LogP contribution in [0.1, 0.15) is 29.5 Å². The molecule has 0 radical (unpaired) electrons. The van der Waals surface area contributed by atoms with Gasteiger partial charge in [0.25, 0.3) is 5.78 Å². The maximum Gasteiger partial charge on any atom is 0.407 e. The smallest absolute Gasteiger partial charge is 0.407 e. The topological polar surface area (TPSA) is 102 Å². The third-order valence-corrected chi connectivity index (χ3v) is 5.80. The Hall–Kier alpha value is -3.97. The molecule has 0 aromatic heterocycles. The SMILES string of the molecule is C[C@@H](O)[C@H](NC(=O)OCC1c2ccccc2-c2ccccc21)C(=O)C(=O)OCc1ccccc1. The third kappa shape index (κ3) is 5.00. The van der Waals surface area contributed by atoms with Crippen molar-refractivity contribution in [3.63, 3.8) is 0 Å². The van der Waals surface area contributed by atoms with Gasteiger partial charge in [0.05, 0.1) is 6.10 Å². The minimum atomic E-state index is -1.49. The molecule has 2 atom stereocenters. The zero-order valence-electron chi connectivity index (χ0n) is 18.6. The van der Waals surface area contributed by atoms with Gasteiger partial charge in [-0.15, -0.1) is 0 Å². The molecule has 3 aromatic carbocycles. The molecule has 1 aliphatic rings. The Morgan fingerprint density at radius 3 is 2.00 bits per heavy atom. The first-order valence-corrected chi connectivity index (χ1v) is 11.0. The number of rotatable bonds is 8. The van der Waals surface area contributed by atoms with Crippen LogP contribution < -0.4 is 5.32 Å². The minimum absolute atomic E-state index is 0.0407. The molecule has 174 valence electrons. The van der Waals surface area contributed by atoms with Gasteiger partial charge in [-0.2, -0.15) is 0 Å². The Bertz CT molecular complexity index is 1140. The molecule has 2 N–H and O–H groups in total. The molecule has 0 bridgehead atoms. The number of carbonyl (C=O) groups excluding carboxylic acids is 3. The van der Waals surface area contributed by atoms with Gasteiger partial charge in [-0.1, -0.05) is 78.9 Å². The zero-order valence-corrected chi connectivity index (χ0v) is 18.6. The van der Waals surface area contributed by atoms with E-state index in [0.29, 0.717) is 5.56 Å². The molecule has 0 spiro atoms. The molecule has 1 amide bonds. The first-order chi connectivity index (χ1) is 16.5. The predicted molar refractivity (Wildman–Crippen MR) is 125 cm³/mol. The third-order valence-electron chi connectivity index (χ3n) is 5.80. The summed E-state index contributed by atoms with van der Waals surface area (Å²) in [5.41, 5.74) is 4.98. The molecular weight excluding hydrogens is 434 g/mol. The number of nitrogens with one attached hydrogen (secondary N) is 1. The van der Waals surface area contributed by atoms with Crippen molar-refractivity contribution in [2.75, 3.05) is 6.61 Å². The average Bonchev–Trinajstić information content (AvgIpc) is 3.18. The largest absolute Gasteiger partial charge is 0.455 e. The van der Waals surface area contributed by atoms with Crippen LogP contribution in [0.2, 0.25) is 0 Å². The predicted octanol–water partition coefficient (Wildman–Crippen LogP) is 3.59. The second kappa shape index (κ2) is 10.3. The number of fused-ring (bicyclic) bond motifs is 3. The normalized spacial score (nSPS) is 13.8. The number of ether oxygens (including phenoxy) is 2. The first kappa shape index (κ1) is 23.2. The number of carbonyl (C=O) groups is 3. The molecule has 7 heteroatoms. The second-order valence-corrected chi connectivity index (χ2v) is 8.11. The number of aliphatic hydroxyl groups excluding tert-OH is 1. The highest BCUT2D eigenvalue weighted by Crippen LogP contribution is 2.44. The van der Waals surface area contributed by atoms with Crippen LogP contribution in [0.4, 0.5) is 4.79 Å². The van der Waals surface area contributed by atoms with Crippen molar-refractivity contribution in [1.29, 1.82) is 0 Å². The summed E-state index contributed by atoms with van der Waals surface area (Å²) in [5.74, 6) is -2.36. The summed E-state index contributed by atoms with van der Waals surface area (Å²) in [5, 5.41) is 12.3. The number of hydrogen-bond donors (Lipinski definition) is 2. The van der Waals surface area contributed by atoms with Gasteiger partial charge in [0.2, 0.25) is 0 Å². The molecule has 0 unspecified atom stereocenters. The highest BCUT2D eigenvalue weighted by molar-refractivity contribution is 6.36. The molecule has 3 aromatic rings.